The van der Waals surface area contributed by atoms with Crippen LogP contribution in [0.3, 0.4) is 0 Å². The molecule has 0 bridgehead atoms. The van der Waals surface area contributed by atoms with Gasteiger partial charge in [-0.05, 0) is 24.3 Å². The molecule has 3 aromatic heterocycles. The van der Waals surface area contributed by atoms with Crippen molar-refractivity contribution >= 4 is 34.3 Å². The van der Waals surface area contributed by atoms with Gasteiger partial charge in [0, 0.05) is 31.9 Å². The van der Waals surface area contributed by atoms with Crippen LogP contribution in [0.2, 0.25) is 0 Å². The summed E-state index contributed by atoms with van der Waals surface area (Å²) in [6, 6.07) is 17.1. The molecule has 9 nitrogen and oxygen atoms in total. The number of aromatic nitrogens is 6. The molecule has 2 aromatic carbocycles. The molecule has 10 heteroatoms. The first-order valence-corrected chi connectivity index (χ1v) is 12.0. The van der Waals surface area contributed by atoms with Gasteiger partial charge in [-0.3, -0.25) is 18.6 Å². The van der Waals surface area contributed by atoms with E-state index in [-0.39, 0.29) is 17.2 Å². The summed E-state index contributed by atoms with van der Waals surface area (Å²) < 4.78 is 5.14. The molecule has 35 heavy (non-hydrogen) atoms. The number of carbonyl (C=O) groups is 1. The van der Waals surface area contributed by atoms with Gasteiger partial charge in [0.1, 0.15) is 0 Å². The average molecular weight is 486 g/mol. The molecule has 3 heterocycles. The fourth-order valence-electron chi connectivity index (χ4n) is 3.88. The van der Waals surface area contributed by atoms with E-state index in [0.29, 0.717) is 34.9 Å². The maximum Gasteiger partial charge on any atom is 0.263 e. The van der Waals surface area contributed by atoms with E-state index in [1.54, 1.807) is 35.0 Å². The summed E-state index contributed by atoms with van der Waals surface area (Å²) in [7, 11) is 1.77. The van der Waals surface area contributed by atoms with Crippen molar-refractivity contribution in [3.05, 3.63) is 95.6 Å². The molecule has 5 aromatic rings. The summed E-state index contributed by atoms with van der Waals surface area (Å²) >= 11 is 1.29. The zero-order valence-electron chi connectivity index (χ0n) is 19.1. The molecule has 176 valence electrons. The zero-order chi connectivity index (χ0) is 24.4. The monoisotopic (exact) mass is 485 g/mol. The van der Waals surface area contributed by atoms with Crippen molar-refractivity contribution in [2.45, 2.75) is 18.2 Å². The predicted molar refractivity (Wildman–Crippen MR) is 136 cm³/mol. The van der Waals surface area contributed by atoms with Crippen LogP contribution in [0.1, 0.15) is 5.56 Å². The number of hydrogen-bond donors (Lipinski definition) is 0. The SMILES string of the molecule is C=CCn1c(=O)c2ccccc2n2c(SCC(=O)N(C)Cc3cnn(-c4ccccc4)c3)nnc12. The second-order valence-electron chi connectivity index (χ2n) is 8.01. The molecule has 0 aliphatic carbocycles. The van der Waals surface area contributed by atoms with Crippen LogP contribution in [0.4, 0.5) is 0 Å². The number of para-hydroxylation sites is 2. The molecule has 1 amide bonds. The molecular formula is C25H23N7O2S. The number of carbonyl (C=O) groups excluding carboxylic acids is 1. The molecule has 0 saturated heterocycles. The van der Waals surface area contributed by atoms with Gasteiger partial charge < -0.3 is 4.90 Å². The normalized spacial score (nSPS) is 11.2. The number of nitrogens with zero attached hydrogens (tertiary/aromatic N) is 7. The number of allylic oxidation sites excluding steroid dienone is 1. The lowest BCUT2D eigenvalue weighted by molar-refractivity contribution is -0.127. The first-order valence-electron chi connectivity index (χ1n) is 11.0. The van der Waals surface area contributed by atoms with E-state index in [1.165, 1.54) is 16.3 Å². The number of thioether (sulfide) groups is 1. The Morgan fingerprint density at radius 3 is 2.69 bits per heavy atom. The average Bonchev–Trinajstić information content (AvgIpc) is 3.53. The lowest BCUT2D eigenvalue weighted by Crippen LogP contribution is -2.27. The largest absolute Gasteiger partial charge is 0.341 e. The van der Waals surface area contributed by atoms with Gasteiger partial charge in [0.25, 0.3) is 5.56 Å². The fraction of sp³-hybridized carbons (Fsp3) is 0.160. The van der Waals surface area contributed by atoms with E-state index in [4.69, 9.17) is 0 Å². The highest BCUT2D eigenvalue weighted by Crippen LogP contribution is 2.22. The van der Waals surface area contributed by atoms with E-state index in [2.05, 4.69) is 21.9 Å². The van der Waals surface area contributed by atoms with Crippen molar-refractivity contribution in [1.82, 2.24) is 33.8 Å². The van der Waals surface area contributed by atoms with E-state index in [9.17, 15) is 9.59 Å². The Labute approximate surface area is 205 Å². The Balaban J connectivity index is 1.34. The molecule has 0 atom stereocenters. The third-order valence-electron chi connectivity index (χ3n) is 5.62. The minimum atomic E-state index is -0.149. The highest BCUT2D eigenvalue weighted by molar-refractivity contribution is 7.99. The Bertz CT molecular complexity index is 1590. The standard InChI is InChI=1S/C25H23N7O2S/c1-3-13-30-23(34)20-11-7-8-12-21(20)32-24(30)27-28-25(32)35-17-22(33)29(2)15-18-14-26-31(16-18)19-9-5-4-6-10-19/h3-12,14,16H,1,13,15,17H2,2H3. The molecule has 0 unspecified atom stereocenters. The van der Waals surface area contributed by atoms with Crippen molar-refractivity contribution in [3.8, 4) is 5.69 Å². The molecule has 0 aliphatic heterocycles. The smallest absolute Gasteiger partial charge is 0.263 e. The summed E-state index contributed by atoms with van der Waals surface area (Å²) in [5.41, 5.74) is 2.45. The van der Waals surface area contributed by atoms with Crippen LogP contribution in [0, 0.1) is 0 Å². The molecule has 0 aliphatic rings. The molecular weight excluding hydrogens is 462 g/mol. The number of rotatable bonds is 8. The quantitative estimate of drug-likeness (QED) is 0.248. The van der Waals surface area contributed by atoms with Gasteiger partial charge in [0.15, 0.2) is 5.16 Å². The summed E-state index contributed by atoms with van der Waals surface area (Å²) in [5, 5.41) is 14.0. The molecule has 0 spiro atoms. The predicted octanol–water partition coefficient (Wildman–Crippen LogP) is 3.17. The van der Waals surface area contributed by atoms with Crippen LogP contribution in [-0.2, 0) is 17.9 Å². The van der Waals surface area contributed by atoms with Gasteiger partial charge >= 0.3 is 0 Å². The Morgan fingerprint density at radius 2 is 1.89 bits per heavy atom. The summed E-state index contributed by atoms with van der Waals surface area (Å²) in [6.45, 7) is 4.50. The van der Waals surface area contributed by atoms with Crippen molar-refractivity contribution in [2.75, 3.05) is 12.8 Å². The minimum absolute atomic E-state index is 0.0528. The van der Waals surface area contributed by atoms with Gasteiger partial charge in [-0.25, -0.2) is 4.68 Å². The molecule has 0 N–H and O–H groups in total. The lowest BCUT2D eigenvalue weighted by atomic mass is 10.2. The highest BCUT2D eigenvalue weighted by Gasteiger charge is 2.18. The Kier molecular flexibility index (Phi) is 6.19. The van der Waals surface area contributed by atoms with Crippen LogP contribution < -0.4 is 5.56 Å². The number of amides is 1. The minimum Gasteiger partial charge on any atom is -0.341 e. The maximum absolute atomic E-state index is 12.9. The first-order chi connectivity index (χ1) is 17.1. The zero-order valence-corrected chi connectivity index (χ0v) is 19.9. The van der Waals surface area contributed by atoms with Crippen molar-refractivity contribution in [3.63, 3.8) is 0 Å². The van der Waals surface area contributed by atoms with Crippen molar-refractivity contribution in [2.24, 2.45) is 0 Å². The van der Waals surface area contributed by atoms with E-state index in [1.807, 2.05) is 59.1 Å². The molecule has 0 saturated carbocycles. The van der Waals surface area contributed by atoms with Gasteiger partial charge in [-0.15, -0.1) is 16.8 Å². The number of hydrogen-bond acceptors (Lipinski definition) is 6. The van der Waals surface area contributed by atoms with E-state index >= 15 is 0 Å². The van der Waals surface area contributed by atoms with Gasteiger partial charge in [-0.1, -0.05) is 48.2 Å². The second kappa shape index (κ2) is 9.59. The van der Waals surface area contributed by atoms with Crippen molar-refractivity contribution < 1.29 is 4.79 Å². The third kappa shape index (κ3) is 4.35. The van der Waals surface area contributed by atoms with E-state index < -0.39 is 0 Å². The molecule has 0 fully saturated rings. The number of fused-ring (bicyclic) bond motifs is 3. The van der Waals surface area contributed by atoms with Gasteiger partial charge in [0.05, 0.1) is 28.5 Å². The Morgan fingerprint density at radius 1 is 1.11 bits per heavy atom. The summed E-state index contributed by atoms with van der Waals surface area (Å²) in [6.07, 6.45) is 5.33. The van der Waals surface area contributed by atoms with Gasteiger partial charge in [-0.2, -0.15) is 5.10 Å². The maximum atomic E-state index is 12.9. The topological polar surface area (TPSA) is 90.3 Å². The first kappa shape index (κ1) is 22.6. The van der Waals surface area contributed by atoms with E-state index in [0.717, 1.165) is 11.3 Å². The fourth-order valence-corrected chi connectivity index (χ4v) is 4.76. The molecule has 5 rings (SSSR count). The highest BCUT2D eigenvalue weighted by atomic mass is 32.2. The van der Waals surface area contributed by atoms with Crippen molar-refractivity contribution in [1.29, 1.82) is 0 Å². The second-order valence-corrected chi connectivity index (χ2v) is 8.95. The van der Waals surface area contributed by atoms with Crippen LogP contribution in [-0.4, -0.2) is 52.6 Å². The van der Waals surface area contributed by atoms with Crippen LogP contribution in [0.15, 0.2) is 89.6 Å². The summed E-state index contributed by atoms with van der Waals surface area (Å²) in [4.78, 5) is 27.5. The molecule has 0 radical (unpaired) electrons. The van der Waals surface area contributed by atoms with Crippen LogP contribution >= 0.6 is 11.8 Å². The summed E-state index contributed by atoms with van der Waals surface area (Å²) in [5.74, 6) is 0.548. The lowest BCUT2D eigenvalue weighted by Gasteiger charge is -2.15. The van der Waals surface area contributed by atoms with Crippen LogP contribution in [0.5, 0.6) is 0 Å². The van der Waals surface area contributed by atoms with Gasteiger partial charge in [0.2, 0.25) is 11.7 Å². The third-order valence-corrected chi connectivity index (χ3v) is 6.53. The Hall–Kier alpha value is -4.18. The number of benzene rings is 2. The van der Waals surface area contributed by atoms with Crippen LogP contribution in [0.25, 0.3) is 22.4 Å².